The van der Waals surface area contributed by atoms with E-state index in [0.717, 1.165) is 39.1 Å². The highest BCUT2D eigenvalue weighted by atomic mass is 16.9. The Hall–Kier alpha value is -0.200. The number of hydrogen-bond acceptors (Lipinski definition) is 5. The summed E-state index contributed by atoms with van der Waals surface area (Å²) in [5.74, 6) is -0.243. The number of ether oxygens (including phenoxy) is 5. The van der Waals surface area contributed by atoms with Crippen molar-refractivity contribution in [3.63, 3.8) is 0 Å². The van der Waals surface area contributed by atoms with Crippen LogP contribution in [0.25, 0.3) is 0 Å². The third kappa shape index (κ3) is 11.4. The van der Waals surface area contributed by atoms with Crippen LogP contribution in [0.1, 0.15) is 84.0 Å². The third-order valence-corrected chi connectivity index (χ3v) is 5.70. The summed E-state index contributed by atoms with van der Waals surface area (Å²) in [5.41, 5.74) is 0. The summed E-state index contributed by atoms with van der Waals surface area (Å²) in [6.07, 6.45) is 15.2. The molecule has 0 N–H and O–H groups in total. The van der Waals surface area contributed by atoms with Gasteiger partial charge in [0.1, 0.15) is 0 Å². The zero-order valence-electron chi connectivity index (χ0n) is 18.3. The Labute approximate surface area is 167 Å². The lowest BCUT2D eigenvalue weighted by Crippen LogP contribution is -2.35. The average molecular weight is 389 g/mol. The van der Waals surface area contributed by atoms with E-state index in [1.165, 1.54) is 57.8 Å². The van der Waals surface area contributed by atoms with Crippen molar-refractivity contribution in [2.75, 3.05) is 41.2 Å². The maximum atomic E-state index is 5.81. The van der Waals surface area contributed by atoms with Gasteiger partial charge in [0.15, 0.2) is 0 Å². The SMILES string of the molecule is CCC(COCCCCCCCCCCCCC(OC)(OC)OC)C1CO1. The monoisotopic (exact) mass is 388 g/mol. The number of rotatable bonds is 20. The first kappa shape index (κ1) is 24.8. The molecule has 2 atom stereocenters. The highest BCUT2D eigenvalue weighted by Gasteiger charge is 2.31. The highest BCUT2D eigenvalue weighted by Crippen LogP contribution is 2.23. The molecule has 0 aromatic carbocycles. The Morgan fingerprint density at radius 2 is 1.30 bits per heavy atom. The van der Waals surface area contributed by atoms with Crippen molar-refractivity contribution in [3.05, 3.63) is 0 Å². The van der Waals surface area contributed by atoms with Gasteiger partial charge in [0.25, 0.3) is 5.97 Å². The van der Waals surface area contributed by atoms with Crippen LogP contribution in [0.4, 0.5) is 0 Å². The minimum atomic E-state index is -0.854. The number of epoxide rings is 1. The lowest BCUT2D eigenvalue weighted by molar-refractivity contribution is -0.355. The van der Waals surface area contributed by atoms with Crippen molar-refractivity contribution < 1.29 is 23.7 Å². The summed E-state index contributed by atoms with van der Waals surface area (Å²) >= 11 is 0. The Morgan fingerprint density at radius 1 is 0.815 bits per heavy atom. The summed E-state index contributed by atoms with van der Waals surface area (Å²) in [6, 6.07) is 0. The van der Waals surface area contributed by atoms with Crippen LogP contribution in [0.5, 0.6) is 0 Å². The normalized spacial score (nSPS) is 18.0. The number of hydrogen-bond donors (Lipinski definition) is 0. The van der Waals surface area contributed by atoms with Crippen molar-refractivity contribution in [1.82, 2.24) is 0 Å². The summed E-state index contributed by atoms with van der Waals surface area (Å²) in [4.78, 5) is 0. The van der Waals surface area contributed by atoms with Gasteiger partial charge in [0.2, 0.25) is 0 Å². The van der Waals surface area contributed by atoms with Crippen molar-refractivity contribution in [2.45, 2.75) is 96.1 Å². The zero-order chi connectivity index (χ0) is 19.8. The first-order valence-electron chi connectivity index (χ1n) is 11.1. The van der Waals surface area contributed by atoms with Crippen LogP contribution >= 0.6 is 0 Å². The van der Waals surface area contributed by atoms with Crippen molar-refractivity contribution in [2.24, 2.45) is 5.92 Å². The molecule has 0 amide bonds. The van der Waals surface area contributed by atoms with E-state index in [1.807, 2.05) is 0 Å². The van der Waals surface area contributed by atoms with Crippen LogP contribution in [-0.4, -0.2) is 53.2 Å². The molecule has 1 saturated heterocycles. The van der Waals surface area contributed by atoms with E-state index < -0.39 is 5.97 Å². The van der Waals surface area contributed by atoms with Crippen LogP contribution in [-0.2, 0) is 23.7 Å². The summed E-state index contributed by atoms with van der Waals surface area (Å²) in [5, 5.41) is 0. The summed E-state index contributed by atoms with van der Waals surface area (Å²) < 4.78 is 27.1. The molecule has 1 aliphatic rings. The largest absolute Gasteiger partial charge is 0.381 e. The molecule has 0 spiro atoms. The van der Waals surface area contributed by atoms with Gasteiger partial charge in [-0.1, -0.05) is 58.3 Å². The van der Waals surface area contributed by atoms with Gasteiger partial charge in [-0.15, -0.1) is 0 Å². The van der Waals surface area contributed by atoms with Crippen LogP contribution < -0.4 is 0 Å². The third-order valence-electron chi connectivity index (χ3n) is 5.70. The van der Waals surface area contributed by atoms with Crippen LogP contribution in [0.15, 0.2) is 0 Å². The summed E-state index contributed by atoms with van der Waals surface area (Å²) in [7, 11) is 4.89. The highest BCUT2D eigenvalue weighted by molar-refractivity contribution is 4.77. The Kier molecular flexibility index (Phi) is 14.4. The van der Waals surface area contributed by atoms with E-state index in [1.54, 1.807) is 21.3 Å². The minimum Gasteiger partial charge on any atom is -0.381 e. The molecule has 27 heavy (non-hydrogen) atoms. The van der Waals surface area contributed by atoms with Crippen molar-refractivity contribution in [3.8, 4) is 0 Å². The lowest BCUT2D eigenvalue weighted by atomic mass is 10.0. The van der Waals surface area contributed by atoms with Gasteiger partial charge in [-0.25, -0.2) is 0 Å². The number of unbranched alkanes of at least 4 members (excludes halogenated alkanes) is 9. The predicted octanol–water partition coefficient (Wildman–Crippen LogP) is 5.31. The van der Waals surface area contributed by atoms with Crippen molar-refractivity contribution >= 4 is 0 Å². The van der Waals surface area contributed by atoms with Gasteiger partial charge in [0, 0.05) is 40.3 Å². The maximum Gasteiger partial charge on any atom is 0.282 e. The molecule has 162 valence electrons. The second kappa shape index (κ2) is 15.7. The van der Waals surface area contributed by atoms with E-state index in [4.69, 9.17) is 23.7 Å². The fourth-order valence-electron chi connectivity index (χ4n) is 3.57. The second-order valence-electron chi connectivity index (χ2n) is 7.70. The zero-order valence-corrected chi connectivity index (χ0v) is 18.3. The predicted molar refractivity (Wildman–Crippen MR) is 109 cm³/mol. The lowest BCUT2D eigenvalue weighted by Gasteiger charge is -2.28. The van der Waals surface area contributed by atoms with Crippen LogP contribution in [0.2, 0.25) is 0 Å². The molecule has 1 fully saturated rings. The van der Waals surface area contributed by atoms with Crippen LogP contribution in [0.3, 0.4) is 0 Å². The average Bonchev–Trinajstić information content (AvgIpc) is 3.54. The Morgan fingerprint density at radius 3 is 1.74 bits per heavy atom. The van der Waals surface area contributed by atoms with Crippen molar-refractivity contribution in [1.29, 1.82) is 0 Å². The molecule has 0 bridgehead atoms. The van der Waals surface area contributed by atoms with E-state index >= 15 is 0 Å². The first-order chi connectivity index (χ1) is 13.2. The molecule has 0 aromatic rings. The molecule has 5 heteroatoms. The van der Waals surface area contributed by atoms with Gasteiger partial charge in [0.05, 0.1) is 19.3 Å². The quantitative estimate of drug-likeness (QED) is 0.161. The molecule has 0 aliphatic carbocycles. The number of methoxy groups -OCH3 is 3. The molecule has 1 aliphatic heterocycles. The Bertz CT molecular complexity index is 320. The molecule has 1 rings (SSSR count). The van der Waals surface area contributed by atoms with Gasteiger partial charge in [-0.3, -0.25) is 0 Å². The van der Waals surface area contributed by atoms with E-state index in [9.17, 15) is 0 Å². The van der Waals surface area contributed by atoms with Gasteiger partial charge in [-0.2, -0.15) is 0 Å². The minimum absolute atomic E-state index is 0.484. The second-order valence-corrected chi connectivity index (χ2v) is 7.70. The van der Waals surface area contributed by atoms with E-state index in [2.05, 4.69) is 6.92 Å². The maximum absolute atomic E-state index is 5.81. The van der Waals surface area contributed by atoms with E-state index in [0.29, 0.717) is 12.0 Å². The topological polar surface area (TPSA) is 49.5 Å². The van der Waals surface area contributed by atoms with Gasteiger partial charge >= 0.3 is 0 Å². The van der Waals surface area contributed by atoms with Gasteiger partial charge < -0.3 is 23.7 Å². The molecule has 0 radical (unpaired) electrons. The molecule has 1 heterocycles. The molecule has 0 aromatic heterocycles. The Balaban J connectivity index is 1.79. The molecular formula is C22H44O5. The molecule has 5 nitrogen and oxygen atoms in total. The standard InChI is InChI=1S/C22H44O5/c1-5-20(21-19-27-21)18-26-17-15-13-11-9-7-6-8-10-12-14-16-22(23-2,24-3)25-4/h20-21H,5-19H2,1-4H3. The molecule has 0 saturated carbocycles. The first-order valence-corrected chi connectivity index (χ1v) is 11.1. The smallest absolute Gasteiger partial charge is 0.282 e. The summed E-state index contributed by atoms with van der Waals surface area (Å²) in [6.45, 7) is 4.95. The van der Waals surface area contributed by atoms with Gasteiger partial charge in [-0.05, 0) is 19.3 Å². The molecular weight excluding hydrogens is 344 g/mol. The fraction of sp³-hybridized carbons (Fsp3) is 1.00. The fourth-order valence-corrected chi connectivity index (χ4v) is 3.57. The van der Waals surface area contributed by atoms with Crippen LogP contribution in [0, 0.1) is 5.92 Å². The molecule has 2 unspecified atom stereocenters. The van der Waals surface area contributed by atoms with E-state index in [-0.39, 0.29) is 0 Å².